The molecular formula is C20H27N5O3S. The molecule has 1 saturated heterocycles. The lowest BCUT2D eigenvalue weighted by molar-refractivity contribution is 0.102. The third kappa shape index (κ3) is 4.92. The second kappa shape index (κ2) is 8.89. The summed E-state index contributed by atoms with van der Waals surface area (Å²) >= 11 is 0. The molecule has 2 aromatic rings. The molecule has 1 aromatic heterocycles. The minimum Gasteiger partial charge on any atom is -0.378 e. The van der Waals surface area contributed by atoms with Gasteiger partial charge < -0.3 is 15.1 Å². The number of hydrogen-bond donors (Lipinski definition) is 1. The molecule has 29 heavy (non-hydrogen) atoms. The quantitative estimate of drug-likeness (QED) is 0.770. The Labute approximate surface area is 172 Å². The van der Waals surface area contributed by atoms with Crippen molar-refractivity contribution >= 4 is 27.3 Å². The van der Waals surface area contributed by atoms with Gasteiger partial charge in [0.15, 0.2) is 0 Å². The highest BCUT2D eigenvalue weighted by Gasteiger charge is 2.28. The van der Waals surface area contributed by atoms with Gasteiger partial charge in [0, 0.05) is 57.8 Å². The molecule has 1 aromatic carbocycles. The van der Waals surface area contributed by atoms with Gasteiger partial charge in [0.25, 0.3) is 5.91 Å². The third-order valence-electron chi connectivity index (χ3n) is 5.00. The number of sulfonamides is 1. The molecule has 3 rings (SSSR count). The maximum atomic E-state index is 13.0. The zero-order valence-electron chi connectivity index (χ0n) is 17.0. The summed E-state index contributed by atoms with van der Waals surface area (Å²) in [6, 6.07) is 9.85. The molecule has 1 amide bonds. The number of hydrogen-bond acceptors (Lipinski definition) is 6. The molecule has 0 radical (unpaired) electrons. The maximum absolute atomic E-state index is 13.0. The number of likely N-dealkylation sites (N-methyl/N-ethyl adjacent to an activating group) is 1. The lowest BCUT2D eigenvalue weighted by Crippen LogP contribution is -2.48. The average Bonchev–Trinajstić information content (AvgIpc) is 2.74. The van der Waals surface area contributed by atoms with Crippen molar-refractivity contribution < 1.29 is 13.2 Å². The fraction of sp³-hybridized carbons (Fsp3) is 0.400. The number of pyridine rings is 1. The second-order valence-corrected chi connectivity index (χ2v) is 9.05. The molecule has 9 heteroatoms. The maximum Gasteiger partial charge on any atom is 0.274 e. The van der Waals surface area contributed by atoms with E-state index < -0.39 is 10.0 Å². The Kier molecular flexibility index (Phi) is 6.51. The molecule has 1 aliphatic rings. The molecule has 1 N–H and O–H groups in total. The van der Waals surface area contributed by atoms with Crippen LogP contribution in [0.15, 0.2) is 47.5 Å². The fourth-order valence-corrected chi connectivity index (χ4v) is 4.65. The number of rotatable bonds is 6. The normalized spacial score (nSPS) is 15.8. The Morgan fingerprint density at radius 2 is 1.86 bits per heavy atom. The van der Waals surface area contributed by atoms with Crippen molar-refractivity contribution in [3.05, 3.63) is 48.3 Å². The van der Waals surface area contributed by atoms with Gasteiger partial charge in [-0.15, -0.1) is 0 Å². The first-order valence-corrected chi connectivity index (χ1v) is 11.0. The molecule has 156 valence electrons. The van der Waals surface area contributed by atoms with Crippen LogP contribution in [0, 0.1) is 0 Å². The first kappa shape index (κ1) is 21.2. The van der Waals surface area contributed by atoms with Crippen LogP contribution in [0.25, 0.3) is 0 Å². The molecule has 0 spiro atoms. The Morgan fingerprint density at radius 3 is 2.52 bits per heavy atom. The van der Waals surface area contributed by atoms with Gasteiger partial charge in [-0.1, -0.05) is 13.0 Å². The molecule has 0 saturated carbocycles. The van der Waals surface area contributed by atoms with Crippen LogP contribution in [0.5, 0.6) is 0 Å². The topological polar surface area (TPSA) is 85.8 Å². The summed E-state index contributed by atoms with van der Waals surface area (Å²) in [4.78, 5) is 20.9. The number of carbonyl (C=O) groups is 1. The van der Waals surface area contributed by atoms with Crippen LogP contribution in [0.2, 0.25) is 0 Å². The molecule has 0 atom stereocenters. The molecule has 1 fully saturated rings. The molecule has 0 bridgehead atoms. The second-order valence-electron chi connectivity index (χ2n) is 7.11. The van der Waals surface area contributed by atoms with Crippen LogP contribution in [-0.4, -0.2) is 75.3 Å². The zero-order valence-corrected chi connectivity index (χ0v) is 17.8. The van der Waals surface area contributed by atoms with Crippen LogP contribution in [0.3, 0.4) is 0 Å². The van der Waals surface area contributed by atoms with E-state index in [0.717, 1.165) is 25.3 Å². The minimum absolute atomic E-state index is 0.176. The average molecular weight is 418 g/mol. The molecule has 0 unspecified atom stereocenters. The Hall–Kier alpha value is -2.49. The van der Waals surface area contributed by atoms with Crippen molar-refractivity contribution in [3.63, 3.8) is 0 Å². The van der Waals surface area contributed by atoms with Crippen molar-refractivity contribution in [2.45, 2.75) is 11.8 Å². The van der Waals surface area contributed by atoms with Gasteiger partial charge in [-0.05, 0) is 36.9 Å². The van der Waals surface area contributed by atoms with Gasteiger partial charge in [0.1, 0.15) is 5.69 Å². The predicted molar refractivity (Wildman–Crippen MR) is 114 cm³/mol. The summed E-state index contributed by atoms with van der Waals surface area (Å²) in [6.45, 7) is 5.36. The van der Waals surface area contributed by atoms with E-state index in [1.807, 2.05) is 25.1 Å². The van der Waals surface area contributed by atoms with Crippen LogP contribution >= 0.6 is 0 Å². The SMILES string of the molecule is CCN1CCN(S(=O)(=O)c2cccc(NC(=O)c3cc(N(C)C)ccn3)c2)CC1. The number of nitrogens with one attached hydrogen (secondary N) is 1. The highest BCUT2D eigenvalue weighted by molar-refractivity contribution is 7.89. The Balaban J connectivity index is 1.76. The van der Waals surface area contributed by atoms with Crippen molar-refractivity contribution in [1.29, 1.82) is 0 Å². The fourth-order valence-electron chi connectivity index (χ4n) is 3.19. The first-order valence-electron chi connectivity index (χ1n) is 9.58. The van der Waals surface area contributed by atoms with Crippen LogP contribution < -0.4 is 10.2 Å². The van der Waals surface area contributed by atoms with E-state index in [1.165, 1.54) is 10.4 Å². The molecule has 0 aliphatic carbocycles. The summed E-state index contributed by atoms with van der Waals surface area (Å²) in [5.74, 6) is -0.389. The van der Waals surface area contributed by atoms with Gasteiger partial charge >= 0.3 is 0 Å². The van der Waals surface area contributed by atoms with Gasteiger partial charge in [-0.25, -0.2) is 8.42 Å². The molecular weight excluding hydrogens is 390 g/mol. The highest BCUT2D eigenvalue weighted by atomic mass is 32.2. The zero-order chi connectivity index (χ0) is 21.0. The Bertz CT molecular complexity index is 970. The van der Waals surface area contributed by atoms with E-state index in [-0.39, 0.29) is 16.5 Å². The monoisotopic (exact) mass is 417 g/mol. The summed E-state index contributed by atoms with van der Waals surface area (Å²) in [7, 11) is 0.160. The standard InChI is InChI=1S/C20H27N5O3S/c1-4-24-10-12-25(13-11-24)29(27,28)18-7-5-6-16(14-18)22-20(26)19-15-17(23(2)3)8-9-21-19/h5-9,14-15H,4,10-13H2,1-3H3,(H,22,26). The summed E-state index contributed by atoms with van der Waals surface area (Å²) in [5, 5.41) is 2.74. The van der Waals surface area contributed by atoms with Gasteiger partial charge in [-0.3, -0.25) is 9.78 Å². The smallest absolute Gasteiger partial charge is 0.274 e. The number of benzene rings is 1. The van der Waals surface area contributed by atoms with E-state index >= 15 is 0 Å². The predicted octanol–water partition coefficient (Wildman–Crippen LogP) is 1.73. The summed E-state index contributed by atoms with van der Waals surface area (Å²) < 4.78 is 27.5. The number of amides is 1. The largest absolute Gasteiger partial charge is 0.378 e. The summed E-state index contributed by atoms with van der Waals surface area (Å²) in [6.07, 6.45) is 1.57. The number of carbonyl (C=O) groups excluding carboxylic acids is 1. The lowest BCUT2D eigenvalue weighted by Gasteiger charge is -2.33. The van der Waals surface area contributed by atoms with Crippen LogP contribution in [-0.2, 0) is 10.0 Å². The lowest BCUT2D eigenvalue weighted by atomic mass is 10.2. The van der Waals surface area contributed by atoms with Gasteiger partial charge in [0.2, 0.25) is 10.0 Å². The minimum atomic E-state index is -3.60. The van der Waals surface area contributed by atoms with Crippen molar-refractivity contribution in [1.82, 2.24) is 14.2 Å². The van der Waals surface area contributed by atoms with Gasteiger partial charge in [0.05, 0.1) is 4.90 Å². The van der Waals surface area contributed by atoms with E-state index in [2.05, 4.69) is 22.1 Å². The van der Waals surface area contributed by atoms with E-state index in [0.29, 0.717) is 18.8 Å². The third-order valence-corrected chi connectivity index (χ3v) is 6.90. The van der Waals surface area contributed by atoms with Gasteiger partial charge in [-0.2, -0.15) is 4.31 Å². The van der Waals surface area contributed by atoms with Crippen molar-refractivity contribution in [2.75, 3.05) is 57.0 Å². The highest BCUT2D eigenvalue weighted by Crippen LogP contribution is 2.21. The summed E-state index contributed by atoms with van der Waals surface area (Å²) in [5.41, 5.74) is 1.54. The van der Waals surface area contributed by atoms with Crippen LogP contribution in [0.4, 0.5) is 11.4 Å². The molecule has 1 aliphatic heterocycles. The van der Waals surface area contributed by atoms with E-state index in [1.54, 1.807) is 30.5 Å². The number of anilines is 2. The van der Waals surface area contributed by atoms with Crippen molar-refractivity contribution in [3.8, 4) is 0 Å². The number of nitrogens with zero attached hydrogens (tertiary/aromatic N) is 4. The van der Waals surface area contributed by atoms with Crippen LogP contribution in [0.1, 0.15) is 17.4 Å². The Morgan fingerprint density at radius 1 is 1.14 bits per heavy atom. The molecule has 2 heterocycles. The molecule has 8 nitrogen and oxygen atoms in total. The van der Waals surface area contributed by atoms with E-state index in [4.69, 9.17) is 0 Å². The van der Waals surface area contributed by atoms with Crippen molar-refractivity contribution in [2.24, 2.45) is 0 Å². The van der Waals surface area contributed by atoms with E-state index in [9.17, 15) is 13.2 Å². The first-order chi connectivity index (χ1) is 13.8. The number of aromatic nitrogens is 1. The number of piperazine rings is 1.